The summed E-state index contributed by atoms with van der Waals surface area (Å²) in [5.41, 5.74) is 6.63. The maximum atomic E-state index is 11.6. The second-order valence-electron chi connectivity index (χ2n) is 5.14. The van der Waals surface area contributed by atoms with Crippen LogP contribution in [0.1, 0.15) is 20.3 Å². The lowest BCUT2D eigenvalue weighted by molar-refractivity contribution is 0.259. The molecule has 0 saturated carbocycles. The van der Waals surface area contributed by atoms with Gasteiger partial charge in [0.2, 0.25) is 0 Å². The van der Waals surface area contributed by atoms with E-state index in [0.717, 1.165) is 12.7 Å². The molecule has 1 aromatic carbocycles. The summed E-state index contributed by atoms with van der Waals surface area (Å²) in [5, 5.41) is 12.4. The number of anilines is 2. The lowest BCUT2D eigenvalue weighted by Gasteiger charge is -2.21. The number of rotatable bonds is 6. The minimum absolute atomic E-state index is 0.0271. The van der Waals surface area contributed by atoms with E-state index < -0.39 is 9.84 Å². The van der Waals surface area contributed by atoms with Crippen LogP contribution in [0.15, 0.2) is 23.1 Å². The van der Waals surface area contributed by atoms with Crippen LogP contribution in [0.25, 0.3) is 0 Å². The number of aliphatic hydroxyl groups is 1. The fourth-order valence-corrected chi connectivity index (χ4v) is 2.80. The predicted molar refractivity (Wildman–Crippen MR) is 77.9 cm³/mol. The molecule has 0 aliphatic carbocycles. The van der Waals surface area contributed by atoms with Crippen molar-refractivity contribution < 1.29 is 13.5 Å². The van der Waals surface area contributed by atoms with Gasteiger partial charge in [-0.05, 0) is 24.5 Å². The minimum atomic E-state index is -3.35. The van der Waals surface area contributed by atoms with Crippen LogP contribution in [-0.2, 0) is 9.84 Å². The number of benzene rings is 1. The molecule has 0 bridgehead atoms. The number of hydrogen-bond acceptors (Lipinski definition) is 5. The molecule has 108 valence electrons. The first kappa shape index (κ1) is 15.8. The monoisotopic (exact) mass is 286 g/mol. The van der Waals surface area contributed by atoms with E-state index in [9.17, 15) is 13.5 Å². The van der Waals surface area contributed by atoms with Gasteiger partial charge in [-0.15, -0.1) is 0 Å². The molecule has 1 rings (SSSR count). The van der Waals surface area contributed by atoms with E-state index in [1.54, 1.807) is 12.1 Å². The second kappa shape index (κ2) is 6.25. The van der Waals surface area contributed by atoms with Gasteiger partial charge >= 0.3 is 0 Å². The number of aliphatic hydroxyl groups excluding tert-OH is 1. The molecule has 0 radical (unpaired) electrons. The molecule has 0 aliphatic heterocycles. The van der Waals surface area contributed by atoms with E-state index in [4.69, 9.17) is 5.73 Å². The van der Waals surface area contributed by atoms with Crippen molar-refractivity contribution >= 4 is 21.2 Å². The van der Waals surface area contributed by atoms with Gasteiger partial charge in [-0.2, -0.15) is 0 Å². The minimum Gasteiger partial charge on any atom is -0.396 e. The van der Waals surface area contributed by atoms with E-state index in [0.29, 0.717) is 11.6 Å². The molecular formula is C13H22N2O3S. The van der Waals surface area contributed by atoms with Crippen LogP contribution >= 0.6 is 0 Å². The summed E-state index contributed by atoms with van der Waals surface area (Å²) < 4.78 is 23.2. The number of para-hydroxylation sites is 1. The summed E-state index contributed by atoms with van der Waals surface area (Å²) >= 11 is 0. The molecule has 0 heterocycles. The van der Waals surface area contributed by atoms with Crippen LogP contribution in [0.5, 0.6) is 0 Å². The predicted octanol–water partition coefficient (Wildman–Crippen LogP) is 1.49. The van der Waals surface area contributed by atoms with Gasteiger partial charge in [0.25, 0.3) is 0 Å². The van der Waals surface area contributed by atoms with E-state index in [-0.39, 0.29) is 23.2 Å². The second-order valence-corrected chi connectivity index (χ2v) is 7.13. The molecule has 1 aromatic rings. The van der Waals surface area contributed by atoms with Gasteiger partial charge in [0.05, 0.1) is 22.9 Å². The normalized spacial score (nSPS) is 13.5. The lowest BCUT2D eigenvalue weighted by atomic mass is 10.0. The molecule has 4 N–H and O–H groups in total. The lowest BCUT2D eigenvalue weighted by Crippen LogP contribution is -2.26. The summed E-state index contributed by atoms with van der Waals surface area (Å²) in [7, 11) is -3.35. The number of nitrogen functional groups attached to an aromatic ring is 1. The Kier molecular flexibility index (Phi) is 5.20. The van der Waals surface area contributed by atoms with Crippen LogP contribution in [0.4, 0.5) is 11.4 Å². The molecule has 5 nitrogen and oxygen atoms in total. The van der Waals surface area contributed by atoms with Gasteiger partial charge < -0.3 is 16.2 Å². The average molecular weight is 286 g/mol. The van der Waals surface area contributed by atoms with Crippen molar-refractivity contribution in [3.8, 4) is 0 Å². The molecule has 0 saturated heterocycles. The van der Waals surface area contributed by atoms with E-state index in [1.165, 1.54) is 6.07 Å². The van der Waals surface area contributed by atoms with Crippen LogP contribution in [0.3, 0.4) is 0 Å². The Hall–Kier alpha value is -1.27. The molecular weight excluding hydrogens is 264 g/mol. The molecule has 6 heteroatoms. The fourth-order valence-electron chi connectivity index (χ4n) is 1.96. The van der Waals surface area contributed by atoms with Crippen molar-refractivity contribution in [1.29, 1.82) is 0 Å². The van der Waals surface area contributed by atoms with Gasteiger partial charge in [-0.1, -0.05) is 19.9 Å². The third-order valence-corrected chi connectivity index (χ3v) is 3.96. The van der Waals surface area contributed by atoms with Crippen molar-refractivity contribution in [2.45, 2.75) is 31.2 Å². The quantitative estimate of drug-likeness (QED) is 0.689. The molecule has 19 heavy (non-hydrogen) atoms. The Balaban J connectivity index is 3.02. The highest BCUT2D eigenvalue weighted by molar-refractivity contribution is 7.90. The van der Waals surface area contributed by atoms with Crippen LogP contribution in [0, 0.1) is 5.92 Å². The molecule has 1 atom stereocenters. The van der Waals surface area contributed by atoms with Gasteiger partial charge in [0.1, 0.15) is 0 Å². The first-order valence-corrected chi connectivity index (χ1v) is 8.10. The van der Waals surface area contributed by atoms with E-state index in [1.807, 2.05) is 0 Å². The number of nitrogens with two attached hydrogens (primary N) is 1. The smallest absolute Gasteiger partial charge is 0.177 e. The van der Waals surface area contributed by atoms with Crippen molar-refractivity contribution in [1.82, 2.24) is 0 Å². The van der Waals surface area contributed by atoms with E-state index >= 15 is 0 Å². The molecule has 0 fully saturated rings. The van der Waals surface area contributed by atoms with Gasteiger partial charge in [0, 0.05) is 12.3 Å². The molecule has 1 unspecified atom stereocenters. The SMILES string of the molecule is CC(C)CC(CO)Nc1cccc(S(C)(=O)=O)c1N. The Morgan fingerprint density at radius 1 is 1.37 bits per heavy atom. The van der Waals surface area contributed by atoms with Crippen molar-refractivity contribution in [2.24, 2.45) is 5.92 Å². The topological polar surface area (TPSA) is 92.4 Å². The number of nitrogens with one attached hydrogen (secondary N) is 1. The van der Waals surface area contributed by atoms with Gasteiger partial charge in [-0.3, -0.25) is 0 Å². The first-order valence-electron chi connectivity index (χ1n) is 6.21. The standard InChI is InChI=1S/C13H22N2O3S/c1-9(2)7-10(8-16)15-11-5-4-6-12(13(11)14)19(3,17)18/h4-6,9-10,15-16H,7-8,14H2,1-3H3. The highest BCUT2D eigenvalue weighted by Crippen LogP contribution is 2.27. The fraction of sp³-hybridized carbons (Fsp3) is 0.538. The van der Waals surface area contributed by atoms with Crippen molar-refractivity contribution in [3.05, 3.63) is 18.2 Å². The highest BCUT2D eigenvalue weighted by Gasteiger charge is 2.16. The van der Waals surface area contributed by atoms with Crippen LogP contribution in [0.2, 0.25) is 0 Å². The summed E-state index contributed by atoms with van der Waals surface area (Å²) in [6.07, 6.45) is 1.90. The van der Waals surface area contributed by atoms with E-state index in [2.05, 4.69) is 19.2 Å². The van der Waals surface area contributed by atoms with Gasteiger partial charge in [-0.25, -0.2) is 8.42 Å². The largest absolute Gasteiger partial charge is 0.396 e. The highest BCUT2D eigenvalue weighted by atomic mass is 32.2. The molecule has 0 aliphatic rings. The van der Waals surface area contributed by atoms with Gasteiger partial charge in [0.15, 0.2) is 9.84 Å². The number of sulfone groups is 1. The maximum Gasteiger partial charge on any atom is 0.177 e. The Labute approximate surface area is 114 Å². The molecule has 0 amide bonds. The Morgan fingerprint density at radius 3 is 2.47 bits per heavy atom. The molecule has 0 aromatic heterocycles. The first-order chi connectivity index (χ1) is 8.75. The van der Waals surface area contributed by atoms with Crippen molar-refractivity contribution in [3.63, 3.8) is 0 Å². The zero-order valence-electron chi connectivity index (χ0n) is 11.6. The Bertz CT molecular complexity index is 527. The zero-order valence-corrected chi connectivity index (χ0v) is 12.4. The van der Waals surface area contributed by atoms with Crippen LogP contribution in [-0.4, -0.2) is 32.4 Å². The van der Waals surface area contributed by atoms with Crippen molar-refractivity contribution in [2.75, 3.05) is 23.9 Å². The summed E-state index contributed by atoms with van der Waals surface area (Å²) in [5.74, 6) is 0.420. The summed E-state index contributed by atoms with van der Waals surface area (Å²) in [6.45, 7) is 4.09. The summed E-state index contributed by atoms with van der Waals surface area (Å²) in [4.78, 5) is 0.110. The third-order valence-electron chi connectivity index (χ3n) is 2.80. The molecule has 0 spiro atoms. The third kappa shape index (κ3) is 4.40. The van der Waals surface area contributed by atoms with Crippen LogP contribution < -0.4 is 11.1 Å². The zero-order chi connectivity index (χ0) is 14.6. The average Bonchev–Trinajstić information content (AvgIpc) is 2.28. The maximum absolute atomic E-state index is 11.6. The summed E-state index contributed by atoms with van der Waals surface area (Å²) in [6, 6.07) is 4.69. The number of hydrogen-bond donors (Lipinski definition) is 3. The Morgan fingerprint density at radius 2 is 2.00 bits per heavy atom.